The van der Waals surface area contributed by atoms with Crippen LogP contribution in [0.15, 0.2) is 22.5 Å². The van der Waals surface area contributed by atoms with Crippen molar-refractivity contribution in [2.45, 2.75) is 52.0 Å². The largest absolute Gasteiger partial charge is 0.356 e. The van der Waals surface area contributed by atoms with Gasteiger partial charge in [-0.05, 0) is 49.5 Å². The molecule has 0 unspecified atom stereocenters. The van der Waals surface area contributed by atoms with Crippen LogP contribution >= 0.6 is 11.3 Å². The molecule has 2 fully saturated rings. The lowest BCUT2D eigenvalue weighted by Gasteiger charge is -2.26. The summed E-state index contributed by atoms with van der Waals surface area (Å²) in [7, 11) is 2.01. The number of rotatable bonds is 5. The number of hydrogen-bond acceptors (Lipinski definition) is 4. The van der Waals surface area contributed by atoms with Crippen LogP contribution in [0.4, 0.5) is 0 Å². The number of nitrogens with one attached hydrogen (secondary N) is 1. The van der Waals surface area contributed by atoms with Gasteiger partial charge in [-0.15, -0.1) is 21.5 Å². The molecule has 27 heavy (non-hydrogen) atoms. The fraction of sp³-hybridized carbons (Fsp3) is 0.650. The van der Waals surface area contributed by atoms with Gasteiger partial charge in [0, 0.05) is 31.6 Å². The quantitative estimate of drug-likeness (QED) is 0.634. The van der Waals surface area contributed by atoms with Crippen LogP contribution in [0.3, 0.4) is 0 Å². The van der Waals surface area contributed by atoms with Gasteiger partial charge in [0.05, 0.1) is 0 Å². The maximum absolute atomic E-state index is 4.94. The van der Waals surface area contributed by atoms with E-state index in [1.165, 1.54) is 37.0 Å². The summed E-state index contributed by atoms with van der Waals surface area (Å²) in [4.78, 5) is 8.83. The Balaban J connectivity index is 1.44. The van der Waals surface area contributed by atoms with E-state index in [-0.39, 0.29) is 0 Å². The SMILES string of the molecule is Cc1nnc(CN=C(NCCc2cccs2)N2CCC3(CCCC3)C2)n1C. The summed E-state index contributed by atoms with van der Waals surface area (Å²) in [6.45, 7) is 5.73. The monoisotopic (exact) mass is 386 g/mol. The zero-order valence-electron chi connectivity index (χ0n) is 16.4. The molecule has 4 rings (SSSR count). The van der Waals surface area contributed by atoms with Crippen LogP contribution in [0.25, 0.3) is 0 Å². The predicted molar refractivity (Wildman–Crippen MR) is 110 cm³/mol. The van der Waals surface area contributed by atoms with Gasteiger partial charge in [0.25, 0.3) is 0 Å². The van der Waals surface area contributed by atoms with Gasteiger partial charge < -0.3 is 14.8 Å². The number of aryl methyl sites for hydroxylation is 1. The highest BCUT2D eigenvalue weighted by Gasteiger charge is 2.41. The Kier molecular flexibility index (Phi) is 5.48. The van der Waals surface area contributed by atoms with E-state index in [1.54, 1.807) is 0 Å². The lowest BCUT2D eigenvalue weighted by molar-refractivity contribution is 0.309. The standard InChI is InChI=1S/C20H30N6S/c1-16-23-24-18(25(16)2)14-22-19(21-11-7-17-6-5-13-27-17)26-12-10-20(15-26)8-3-4-9-20/h5-6,13H,3-4,7-12,14-15H2,1-2H3,(H,21,22). The van der Waals surface area contributed by atoms with Crippen LogP contribution in [0, 0.1) is 12.3 Å². The third-order valence-corrected chi connectivity index (χ3v) is 7.13. The number of aliphatic imine (C=N–C) groups is 1. The van der Waals surface area contributed by atoms with E-state index in [4.69, 9.17) is 4.99 Å². The smallest absolute Gasteiger partial charge is 0.194 e. The molecule has 1 N–H and O–H groups in total. The molecule has 0 bridgehead atoms. The van der Waals surface area contributed by atoms with Crippen LogP contribution in [0.1, 0.15) is 48.6 Å². The molecule has 0 radical (unpaired) electrons. The van der Waals surface area contributed by atoms with Crippen molar-refractivity contribution in [1.29, 1.82) is 0 Å². The van der Waals surface area contributed by atoms with E-state index in [0.717, 1.165) is 43.7 Å². The Bertz CT molecular complexity index is 773. The van der Waals surface area contributed by atoms with Crippen molar-refractivity contribution in [3.8, 4) is 0 Å². The maximum Gasteiger partial charge on any atom is 0.194 e. The third-order valence-electron chi connectivity index (χ3n) is 6.19. The summed E-state index contributed by atoms with van der Waals surface area (Å²) in [6.07, 6.45) is 7.90. The first-order chi connectivity index (χ1) is 13.2. The van der Waals surface area contributed by atoms with Gasteiger partial charge in [-0.1, -0.05) is 18.9 Å². The lowest BCUT2D eigenvalue weighted by Crippen LogP contribution is -2.42. The Hall–Kier alpha value is -1.89. The normalized spacial score (nSPS) is 19.3. The van der Waals surface area contributed by atoms with Crippen molar-refractivity contribution in [1.82, 2.24) is 25.0 Å². The molecule has 0 amide bonds. The van der Waals surface area contributed by atoms with Crippen molar-refractivity contribution in [3.05, 3.63) is 34.0 Å². The predicted octanol–water partition coefficient (Wildman–Crippen LogP) is 3.14. The number of nitrogens with zero attached hydrogens (tertiary/aromatic N) is 5. The molecule has 1 saturated carbocycles. The third kappa shape index (κ3) is 4.18. The van der Waals surface area contributed by atoms with E-state index >= 15 is 0 Å². The fourth-order valence-corrected chi connectivity index (χ4v) is 5.11. The highest BCUT2D eigenvalue weighted by Crippen LogP contribution is 2.45. The highest BCUT2D eigenvalue weighted by molar-refractivity contribution is 7.09. The summed E-state index contributed by atoms with van der Waals surface area (Å²) in [5.74, 6) is 2.88. The molecule has 0 aromatic carbocycles. The minimum absolute atomic E-state index is 0.539. The van der Waals surface area contributed by atoms with E-state index in [9.17, 15) is 0 Å². The van der Waals surface area contributed by atoms with Crippen molar-refractivity contribution in [2.75, 3.05) is 19.6 Å². The second-order valence-corrected chi connectivity index (χ2v) is 9.03. The van der Waals surface area contributed by atoms with Crippen LogP contribution in [-0.4, -0.2) is 45.3 Å². The zero-order valence-corrected chi connectivity index (χ0v) is 17.3. The van der Waals surface area contributed by atoms with Crippen molar-refractivity contribution in [2.24, 2.45) is 17.5 Å². The molecular formula is C20H30N6S. The van der Waals surface area contributed by atoms with E-state index in [2.05, 4.69) is 37.9 Å². The average molecular weight is 387 g/mol. The summed E-state index contributed by atoms with van der Waals surface area (Å²) >= 11 is 1.82. The molecule has 0 atom stereocenters. The van der Waals surface area contributed by atoms with Crippen LogP contribution < -0.4 is 5.32 Å². The number of thiophene rings is 1. The number of likely N-dealkylation sites (tertiary alicyclic amines) is 1. The van der Waals surface area contributed by atoms with Gasteiger partial charge in [-0.2, -0.15) is 0 Å². The van der Waals surface area contributed by atoms with Gasteiger partial charge in [0.1, 0.15) is 12.4 Å². The topological polar surface area (TPSA) is 58.3 Å². The molecule has 146 valence electrons. The molecule has 1 saturated heterocycles. The molecule has 1 aliphatic heterocycles. The summed E-state index contributed by atoms with van der Waals surface area (Å²) in [5, 5.41) is 14.2. The Morgan fingerprint density at radius 2 is 2.15 bits per heavy atom. The van der Waals surface area contributed by atoms with Gasteiger partial charge in [0.2, 0.25) is 0 Å². The molecule has 2 aliphatic rings. The van der Waals surface area contributed by atoms with Crippen molar-refractivity contribution >= 4 is 17.3 Å². The van der Waals surface area contributed by atoms with Gasteiger partial charge in [-0.25, -0.2) is 4.99 Å². The second kappa shape index (κ2) is 8.00. The van der Waals surface area contributed by atoms with E-state index < -0.39 is 0 Å². The minimum atomic E-state index is 0.539. The Morgan fingerprint density at radius 3 is 2.85 bits per heavy atom. The maximum atomic E-state index is 4.94. The van der Waals surface area contributed by atoms with Crippen molar-refractivity contribution < 1.29 is 0 Å². The first kappa shape index (κ1) is 18.5. The van der Waals surface area contributed by atoms with Crippen LogP contribution in [0.5, 0.6) is 0 Å². The summed E-state index contributed by atoms with van der Waals surface area (Å²) < 4.78 is 2.02. The van der Waals surface area contributed by atoms with Gasteiger partial charge >= 0.3 is 0 Å². The lowest BCUT2D eigenvalue weighted by atomic mass is 9.86. The molecule has 1 spiro atoms. The first-order valence-electron chi connectivity index (χ1n) is 10.1. The highest BCUT2D eigenvalue weighted by atomic mass is 32.1. The summed E-state index contributed by atoms with van der Waals surface area (Å²) in [6, 6.07) is 4.32. The first-order valence-corrected chi connectivity index (χ1v) is 10.9. The minimum Gasteiger partial charge on any atom is -0.356 e. The molecular weight excluding hydrogens is 356 g/mol. The molecule has 1 aliphatic carbocycles. The van der Waals surface area contributed by atoms with Crippen molar-refractivity contribution in [3.63, 3.8) is 0 Å². The van der Waals surface area contributed by atoms with Crippen LogP contribution in [0.2, 0.25) is 0 Å². The molecule has 2 aromatic heterocycles. The average Bonchev–Trinajstić information content (AvgIpc) is 3.46. The Morgan fingerprint density at radius 1 is 1.30 bits per heavy atom. The number of hydrogen-bond donors (Lipinski definition) is 1. The Labute approximate surface area is 165 Å². The number of aromatic nitrogens is 3. The number of guanidine groups is 1. The van der Waals surface area contributed by atoms with Gasteiger partial charge in [-0.3, -0.25) is 0 Å². The second-order valence-electron chi connectivity index (χ2n) is 8.00. The summed E-state index contributed by atoms with van der Waals surface area (Å²) in [5.41, 5.74) is 0.539. The molecule has 7 heteroatoms. The van der Waals surface area contributed by atoms with Crippen LogP contribution in [-0.2, 0) is 20.0 Å². The van der Waals surface area contributed by atoms with Gasteiger partial charge in [0.15, 0.2) is 11.8 Å². The molecule has 3 heterocycles. The molecule has 6 nitrogen and oxygen atoms in total. The van der Waals surface area contributed by atoms with E-state index in [0.29, 0.717) is 12.0 Å². The van der Waals surface area contributed by atoms with E-state index in [1.807, 2.05) is 29.9 Å². The zero-order chi connectivity index (χ0) is 18.7. The molecule has 2 aromatic rings. The fourth-order valence-electron chi connectivity index (χ4n) is 4.40.